The van der Waals surface area contributed by atoms with Crippen LogP contribution in [0.2, 0.25) is 5.02 Å². The minimum absolute atomic E-state index is 0.801. The third-order valence-corrected chi connectivity index (χ3v) is 4.66. The van der Waals surface area contributed by atoms with E-state index in [1.165, 1.54) is 11.5 Å². The van der Waals surface area contributed by atoms with Crippen molar-refractivity contribution in [1.82, 2.24) is 14.7 Å². The number of hydrogen-bond donors (Lipinski definition) is 1. The van der Waals surface area contributed by atoms with Gasteiger partial charge in [-0.3, -0.25) is 0 Å². The van der Waals surface area contributed by atoms with Gasteiger partial charge in [-0.25, -0.2) is 4.98 Å². The lowest BCUT2D eigenvalue weighted by atomic mass is 10.2. The van der Waals surface area contributed by atoms with Gasteiger partial charge in [0.1, 0.15) is 5.82 Å². The summed E-state index contributed by atoms with van der Waals surface area (Å²) in [6, 6.07) is 6.14. The molecular formula is C13H16ClN3S2. The van der Waals surface area contributed by atoms with Crippen molar-refractivity contribution in [2.24, 2.45) is 0 Å². The maximum Gasteiger partial charge on any atom is 0.174 e. The molecule has 0 atom stereocenters. The molecule has 1 heterocycles. The maximum absolute atomic E-state index is 6.29. The molecule has 3 nitrogen and oxygen atoms in total. The molecule has 0 aliphatic rings. The molecule has 1 N–H and O–H groups in total. The highest BCUT2D eigenvalue weighted by Gasteiger charge is 2.06. The molecule has 102 valence electrons. The van der Waals surface area contributed by atoms with Gasteiger partial charge in [0, 0.05) is 16.5 Å². The average molecular weight is 314 g/mol. The fraction of sp³-hybridized carbons (Fsp3) is 0.385. The lowest BCUT2D eigenvalue weighted by molar-refractivity contribution is 0.675. The molecule has 0 spiro atoms. The van der Waals surface area contributed by atoms with Crippen LogP contribution in [0.4, 0.5) is 0 Å². The molecular weight excluding hydrogens is 298 g/mol. The second kappa shape index (κ2) is 7.24. The molecule has 6 heteroatoms. The number of aryl methyl sites for hydroxylation is 1. The second-order valence-corrected chi connectivity index (χ2v) is 6.62. The molecule has 0 fully saturated rings. The van der Waals surface area contributed by atoms with Crippen molar-refractivity contribution < 1.29 is 0 Å². The van der Waals surface area contributed by atoms with E-state index in [9.17, 15) is 0 Å². The zero-order valence-corrected chi connectivity index (χ0v) is 13.3. The van der Waals surface area contributed by atoms with E-state index in [1.54, 1.807) is 11.8 Å². The highest BCUT2D eigenvalue weighted by Crippen LogP contribution is 2.31. The molecule has 1 aromatic carbocycles. The number of halogens is 1. The van der Waals surface area contributed by atoms with Crippen LogP contribution < -0.4 is 5.32 Å². The highest BCUT2D eigenvalue weighted by molar-refractivity contribution is 8.01. The average Bonchev–Trinajstić information content (AvgIpc) is 2.78. The summed E-state index contributed by atoms with van der Waals surface area (Å²) < 4.78 is 5.12. The molecule has 0 saturated heterocycles. The topological polar surface area (TPSA) is 37.8 Å². The largest absolute Gasteiger partial charge is 0.313 e. The fourth-order valence-electron chi connectivity index (χ4n) is 1.56. The fourth-order valence-corrected chi connectivity index (χ4v) is 3.53. The molecule has 1 aromatic heterocycles. The Kier molecular flexibility index (Phi) is 5.63. The van der Waals surface area contributed by atoms with Crippen LogP contribution in [0, 0.1) is 6.92 Å². The van der Waals surface area contributed by atoms with E-state index in [0.717, 1.165) is 45.2 Å². The van der Waals surface area contributed by atoms with Crippen molar-refractivity contribution in [1.29, 1.82) is 0 Å². The summed E-state index contributed by atoms with van der Waals surface area (Å²) in [5.74, 6) is 0.819. The number of nitrogens with one attached hydrogen (secondary N) is 1. The smallest absolute Gasteiger partial charge is 0.174 e. The molecule has 0 saturated carbocycles. The van der Waals surface area contributed by atoms with Crippen LogP contribution in [0.5, 0.6) is 0 Å². The standard InChI is InChI=1S/C13H16ClN3S2/c1-3-6-15-8-10-4-5-11(7-12(10)14)18-13-16-9(2)17-19-13/h4-5,7,15H,3,6,8H2,1-2H3. The van der Waals surface area contributed by atoms with Crippen LogP contribution >= 0.6 is 34.9 Å². The molecule has 0 unspecified atom stereocenters. The third kappa shape index (κ3) is 4.45. The normalized spacial score (nSPS) is 10.9. The molecule has 2 rings (SSSR count). The summed E-state index contributed by atoms with van der Waals surface area (Å²) in [6.45, 7) is 5.88. The van der Waals surface area contributed by atoms with Crippen molar-refractivity contribution in [3.63, 3.8) is 0 Å². The second-order valence-electron chi connectivity index (χ2n) is 4.14. The van der Waals surface area contributed by atoms with Gasteiger partial charge >= 0.3 is 0 Å². The molecule has 2 aromatic rings. The van der Waals surface area contributed by atoms with E-state index in [1.807, 2.05) is 13.0 Å². The first-order valence-corrected chi connectivity index (χ1v) is 8.13. The Balaban J connectivity index is 2.01. The Hall–Kier alpha value is -0.620. The number of hydrogen-bond acceptors (Lipinski definition) is 5. The van der Waals surface area contributed by atoms with Crippen molar-refractivity contribution in [2.75, 3.05) is 6.54 Å². The van der Waals surface area contributed by atoms with E-state index >= 15 is 0 Å². The van der Waals surface area contributed by atoms with E-state index in [4.69, 9.17) is 11.6 Å². The van der Waals surface area contributed by atoms with E-state index in [2.05, 4.69) is 33.7 Å². The predicted octanol–water partition coefficient (Wildman–Crippen LogP) is 4.15. The summed E-state index contributed by atoms with van der Waals surface area (Å²) in [6.07, 6.45) is 1.13. The number of benzene rings is 1. The van der Waals surface area contributed by atoms with Gasteiger partial charge < -0.3 is 5.32 Å². The Morgan fingerprint density at radius 1 is 1.42 bits per heavy atom. The Bertz CT molecular complexity index is 542. The number of rotatable bonds is 6. The molecule has 0 aliphatic heterocycles. The predicted molar refractivity (Wildman–Crippen MR) is 82.2 cm³/mol. The van der Waals surface area contributed by atoms with Gasteiger partial charge in [0.05, 0.1) is 0 Å². The Morgan fingerprint density at radius 3 is 2.89 bits per heavy atom. The van der Waals surface area contributed by atoms with Crippen molar-refractivity contribution in [3.8, 4) is 0 Å². The van der Waals surface area contributed by atoms with Crippen LogP contribution in [-0.4, -0.2) is 15.9 Å². The molecule has 0 aliphatic carbocycles. The van der Waals surface area contributed by atoms with Gasteiger partial charge in [0.25, 0.3) is 0 Å². The van der Waals surface area contributed by atoms with Crippen LogP contribution in [0.25, 0.3) is 0 Å². The first-order chi connectivity index (χ1) is 9.19. The lowest BCUT2D eigenvalue weighted by Gasteiger charge is -2.07. The third-order valence-electron chi connectivity index (χ3n) is 2.48. The highest BCUT2D eigenvalue weighted by atomic mass is 35.5. The number of aromatic nitrogens is 2. The van der Waals surface area contributed by atoms with Gasteiger partial charge in [-0.15, -0.1) is 0 Å². The van der Waals surface area contributed by atoms with Gasteiger partial charge in [-0.2, -0.15) is 4.37 Å². The van der Waals surface area contributed by atoms with Crippen molar-refractivity contribution in [2.45, 2.75) is 36.0 Å². The summed E-state index contributed by atoms with van der Waals surface area (Å²) in [7, 11) is 0. The van der Waals surface area contributed by atoms with Crippen molar-refractivity contribution >= 4 is 34.9 Å². The molecule has 0 bridgehead atoms. The zero-order valence-electron chi connectivity index (χ0n) is 10.9. The molecule has 19 heavy (non-hydrogen) atoms. The first-order valence-electron chi connectivity index (χ1n) is 6.16. The van der Waals surface area contributed by atoms with Gasteiger partial charge in [0.2, 0.25) is 0 Å². The SMILES string of the molecule is CCCNCc1ccc(Sc2nc(C)ns2)cc1Cl. The minimum atomic E-state index is 0.801. The van der Waals surface area contributed by atoms with E-state index < -0.39 is 0 Å². The van der Waals surface area contributed by atoms with Crippen LogP contribution in [0.1, 0.15) is 24.7 Å². The van der Waals surface area contributed by atoms with Crippen LogP contribution in [0.3, 0.4) is 0 Å². The lowest BCUT2D eigenvalue weighted by Crippen LogP contribution is -2.13. The summed E-state index contributed by atoms with van der Waals surface area (Å²) >= 11 is 9.31. The summed E-state index contributed by atoms with van der Waals surface area (Å²) in [4.78, 5) is 5.43. The van der Waals surface area contributed by atoms with Gasteiger partial charge in [-0.1, -0.05) is 36.4 Å². The van der Waals surface area contributed by atoms with Crippen LogP contribution in [0.15, 0.2) is 27.4 Å². The maximum atomic E-state index is 6.29. The van der Waals surface area contributed by atoms with Gasteiger partial charge in [0.15, 0.2) is 4.34 Å². The van der Waals surface area contributed by atoms with Crippen LogP contribution in [-0.2, 0) is 6.54 Å². The monoisotopic (exact) mass is 313 g/mol. The Morgan fingerprint density at radius 2 is 2.26 bits per heavy atom. The molecule has 0 radical (unpaired) electrons. The first kappa shape index (κ1) is 14.8. The number of nitrogens with zero attached hydrogens (tertiary/aromatic N) is 2. The van der Waals surface area contributed by atoms with Crippen molar-refractivity contribution in [3.05, 3.63) is 34.6 Å². The molecule has 0 amide bonds. The zero-order chi connectivity index (χ0) is 13.7. The summed E-state index contributed by atoms with van der Waals surface area (Å²) in [5, 5.41) is 4.15. The van der Waals surface area contributed by atoms with E-state index in [0.29, 0.717) is 0 Å². The summed E-state index contributed by atoms with van der Waals surface area (Å²) in [5.41, 5.74) is 1.13. The van der Waals surface area contributed by atoms with E-state index in [-0.39, 0.29) is 0 Å². The Labute approximate surface area is 127 Å². The van der Waals surface area contributed by atoms with Gasteiger partial charge in [-0.05, 0) is 49.1 Å². The quantitative estimate of drug-likeness (QED) is 0.813. The minimum Gasteiger partial charge on any atom is -0.313 e.